The van der Waals surface area contributed by atoms with Gasteiger partial charge in [-0.05, 0) is 42.8 Å². The van der Waals surface area contributed by atoms with Gasteiger partial charge in [-0.2, -0.15) is 4.98 Å². The largest absolute Gasteiger partial charge is 0.339 e. The quantitative estimate of drug-likeness (QED) is 0.567. The second-order valence-electron chi connectivity index (χ2n) is 6.41. The van der Waals surface area contributed by atoms with Crippen molar-refractivity contribution >= 4 is 11.6 Å². The Balaban J connectivity index is 1.54. The number of benzene rings is 2. The Kier molecular flexibility index (Phi) is 4.93. The third kappa shape index (κ3) is 3.96. The van der Waals surface area contributed by atoms with Gasteiger partial charge in [0.1, 0.15) is 0 Å². The van der Waals surface area contributed by atoms with Crippen molar-refractivity contribution in [2.24, 2.45) is 0 Å². The molecule has 0 aliphatic heterocycles. The van der Waals surface area contributed by atoms with Crippen LogP contribution in [0.2, 0.25) is 0 Å². The number of rotatable bonds is 5. The fourth-order valence-corrected chi connectivity index (χ4v) is 2.88. The zero-order valence-corrected chi connectivity index (χ0v) is 15.3. The number of aryl methyl sites for hydroxylation is 1. The van der Waals surface area contributed by atoms with Gasteiger partial charge in [0.2, 0.25) is 11.7 Å². The maximum absolute atomic E-state index is 12.6. The van der Waals surface area contributed by atoms with Crippen molar-refractivity contribution in [3.63, 3.8) is 0 Å². The Morgan fingerprint density at radius 3 is 2.79 bits per heavy atom. The molecule has 0 spiro atoms. The molecule has 0 saturated carbocycles. The number of nitrogens with one attached hydrogen (secondary N) is 1. The average Bonchev–Trinajstić information content (AvgIpc) is 3.19. The Bertz CT molecular complexity index is 1110. The van der Waals surface area contributed by atoms with E-state index in [1.165, 1.54) is 0 Å². The first-order chi connectivity index (χ1) is 13.7. The third-order valence-corrected chi connectivity index (χ3v) is 4.28. The number of aromatic nitrogens is 3. The van der Waals surface area contributed by atoms with Gasteiger partial charge < -0.3 is 9.84 Å². The Hall–Kier alpha value is -3.80. The lowest BCUT2D eigenvalue weighted by atomic mass is 10.1. The van der Waals surface area contributed by atoms with Crippen molar-refractivity contribution in [3.05, 3.63) is 95.6 Å². The second kappa shape index (κ2) is 7.84. The topological polar surface area (TPSA) is 80.9 Å². The van der Waals surface area contributed by atoms with Crippen LogP contribution in [0.25, 0.3) is 11.4 Å². The summed E-state index contributed by atoms with van der Waals surface area (Å²) in [7, 11) is 0. The number of hydrogen-bond donors (Lipinski definition) is 1. The lowest BCUT2D eigenvalue weighted by molar-refractivity contribution is 0.102. The second-order valence-corrected chi connectivity index (χ2v) is 6.41. The summed E-state index contributed by atoms with van der Waals surface area (Å²) < 4.78 is 5.38. The summed E-state index contributed by atoms with van der Waals surface area (Å²) in [5.41, 5.74) is 4.06. The predicted octanol–water partition coefficient (Wildman–Crippen LogP) is 4.28. The molecule has 0 atom stereocenters. The van der Waals surface area contributed by atoms with Crippen LogP contribution in [0.1, 0.15) is 27.4 Å². The van der Waals surface area contributed by atoms with Gasteiger partial charge in [0.15, 0.2) is 0 Å². The van der Waals surface area contributed by atoms with Gasteiger partial charge in [-0.15, -0.1) is 0 Å². The molecule has 2 aromatic carbocycles. The maximum Gasteiger partial charge on any atom is 0.255 e. The minimum absolute atomic E-state index is 0.155. The molecule has 4 aromatic rings. The van der Waals surface area contributed by atoms with Crippen LogP contribution in [0.4, 0.5) is 5.69 Å². The highest BCUT2D eigenvalue weighted by molar-refractivity contribution is 6.04. The van der Waals surface area contributed by atoms with E-state index in [0.717, 1.165) is 22.4 Å². The molecule has 0 saturated heterocycles. The number of hydrogen-bond acceptors (Lipinski definition) is 5. The van der Waals surface area contributed by atoms with Crippen LogP contribution in [0.3, 0.4) is 0 Å². The van der Waals surface area contributed by atoms with Gasteiger partial charge in [0.05, 0.1) is 6.42 Å². The molecule has 2 aromatic heterocycles. The molecule has 28 heavy (non-hydrogen) atoms. The van der Waals surface area contributed by atoms with Crippen molar-refractivity contribution in [3.8, 4) is 11.4 Å². The van der Waals surface area contributed by atoms with Crippen LogP contribution < -0.4 is 5.32 Å². The number of carbonyl (C=O) groups is 1. The first-order valence-electron chi connectivity index (χ1n) is 8.88. The SMILES string of the molecule is Cc1cccc(C(=O)Nc2ccccc2Cc2nc(-c3cccnc3)no2)c1. The van der Waals surface area contributed by atoms with E-state index in [1.807, 2.05) is 61.5 Å². The molecule has 2 heterocycles. The van der Waals surface area contributed by atoms with E-state index < -0.39 is 0 Å². The number of nitrogens with zero attached hydrogens (tertiary/aromatic N) is 3. The third-order valence-electron chi connectivity index (χ3n) is 4.28. The van der Waals surface area contributed by atoms with Crippen LogP contribution in [0.15, 0.2) is 77.6 Å². The highest BCUT2D eigenvalue weighted by Crippen LogP contribution is 2.21. The van der Waals surface area contributed by atoms with E-state index >= 15 is 0 Å². The molecular formula is C22H18N4O2. The standard InChI is InChI=1S/C22H18N4O2/c1-15-6-4-8-17(12-15)22(27)24-19-10-3-2-7-16(19)13-20-25-21(26-28-20)18-9-5-11-23-14-18/h2-12,14H,13H2,1H3,(H,24,27). The highest BCUT2D eigenvalue weighted by atomic mass is 16.5. The molecule has 0 unspecified atom stereocenters. The summed E-state index contributed by atoms with van der Waals surface area (Å²) in [6.45, 7) is 1.96. The smallest absolute Gasteiger partial charge is 0.255 e. The van der Waals surface area contributed by atoms with Gasteiger partial charge in [-0.3, -0.25) is 9.78 Å². The molecule has 0 fully saturated rings. The Morgan fingerprint density at radius 1 is 1.07 bits per heavy atom. The van der Waals surface area contributed by atoms with Crippen LogP contribution >= 0.6 is 0 Å². The fraction of sp³-hybridized carbons (Fsp3) is 0.0909. The molecule has 0 radical (unpaired) electrons. The zero-order chi connectivity index (χ0) is 19.3. The van der Waals surface area contributed by atoms with Crippen LogP contribution in [-0.4, -0.2) is 21.0 Å². The molecule has 0 aliphatic rings. The van der Waals surface area contributed by atoms with Gasteiger partial charge in [0, 0.05) is 29.2 Å². The summed E-state index contributed by atoms with van der Waals surface area (Å²) in [4.78, 5) is 21.1. The van der Waals surface area contributed by atoms with Crippen molar-refractivity contribution < 1.29 is 9.32 Å². The lowest BCUT2D eigenvalue weighted by Gasteiger charge is -2.10. The molecule has 4 rings (SSSR count). The molecule has 1 amide bonds. The summed E-state index contributed by atoms with van der Waals surface area (Å²) in [6, 6.07) is 18.8. The van der Waals surface area contributed by atoms with Crippen LogP contribution in [0.5, 0.6) is 0 Å². The Labute approximate surface area is 162 Å². The van der Waals surface area contributed by atoms with E-state index in [0.29, 0.717) is 23.7 Å². The number of pyridine rings is 1. The molecule has 0 aliphatic carbocycles. The highest BCUT2D eigenvalue weighted by Gasteiger charge is 2.13. The van der Waals surface area contributed by atoms with Crippen LogP contribution in [0, 0.1) is 6.92 Å². The number of carbonyl (C=O) groups excluding carboxylic acids is 1. The zero-order valence-electron chi connectivity index (χ0n) is 15.3. The molecule has 0 bridgehead atoms. The van der Waals surface area contributed by atoms with E-state index in [9.17, 15) is 4.79 Å². The summed E-state index contributed by atoms with van der Waals surface area (Å²) in [5.74, 6) is 0.804. The Morgan fingerprint density at radius 2 is 1.96 bits per heavy atom. The molecule has 138 valence electrons. The van der Waals surface area contributed by atoms with E-state index in [-0.39, 0.29) is 5.91 Å². The number of anilines is 1. The first kappa shape index (κ1) is 17.6. The normalized spacial score (nSPS) is 10.6. The van der Waals surface area contributed by atoms with E-state index in [2.05, 4.69) is 20.4 Å². The lowest BCUT2D eigenvalue weighted by Crippen LogP contribution is -2.13. The van der Waals surface area contributed by atoms with Crippen LogP contribution in [-0.2, 0) is 6.42 Å². The molecule has 6 heteroatoms. The van der Waals surface area contributed by atoms with Crippen molar-refractivity contribution in [2.75, 3.05) is 5.32 Å². The van der Waals surface area contributed by atoms with Gasteiger partial charge in [-0.1, -0.05) is 41.1 Å². The molecule has 6 nitrogen and oxygen atoms in total. The number of para-hydroxylation sites is 1. The van der Waals surface area contributed by atoms with E-state index in [4.69, 9.17) is 4.52 Å². The summed E-state index contributed by atoms with van der Waals surface area (Å²) in [6.07, 6.45) is 3.79. The maximum atomic E-state index is 12.6. The van der Waals surface area contributed by atoms with Crippen molar-refractivity contribution in [1.29, 1.82) is 0 Å². The monoisotopic (exact) mass is 370 g/mol. The first-order valence-corrected chi connectivity index (χ1v) is 8.88. The van der Waals surface area contributed by atoms with Gasteiger partial charge >= 0.3 is 0 Å². The van der Waals surface area contributed by atoms with Gasteiger partial charge in [0.25, 0.3) is 5.91 Å². The van der Waals surface area contributed by atoms with Crippen molar-refractivity contribution in [2.45, 2.75) is 13.3 Å². The van der Waals surface area contributed by atoms with Crippen molar-refractivity contribution in [1.82, 2.24) is 15.1 Å². The summed E-state index contributed by atoms with van der Waals surface area (Å²) in [5, 5.41) is 6.99. The predicted molar refractivity (Wildman–Crippen MR) is 106 cm³/mol. The summed E-state index contributed by atoms with van der Waals surface area (Å²) >= 11 is 0. The number of amides is 1. The molecular weight excluding hydrogens is 352 g/mol. The fourth-order valence-electron chi connectivity index (χ4n) is 2.88. The minimum atomic E-state index is -0.155. The van der Waals surface area contributed by atoms with E-state index in [1.54, 1.807) is 18.5 Å². The van der Waals surface area contributed by atoms with Gasteiger partial charge in [-0.25, -0.2) is 0 Å². The average molecular weight is 370 g/mol. The molecule has 1 N–H and O–H groups in total. The minimum Gasteiger partial charge on any atom is -0.339 e.